The molecule has 0 unspecified atom stereocenters. The highest BCUT2D eigenvalue weighted by Crippen LogP contribution is 2.28. The SMILES string of the molecule is CC(=O)CN(Cc1ccsc1)C1CC1. The molecular formula is C11H15NOS. The number of carbonyl (C=O) groups is 1. The summed E-state index contributed by atoms with van der Waals surface area (Å²) in [6.07, 6.45) is 2.52. The van der Waals surface area contributed by atoms with E-state index in [1.807, 2.05) is 0 Å². The number of hydrogen-bond donors (Lipinski definition) is 0. The van der Waals surface area contributed by atoms with Crippen molar-refractivity contribution in [3.63, 3.8) is 0 Å². The first-order chi connectivity index (χ1) is 6.75. The van der Waals surface area contributed by atoms with E-state index in [2.05, 4.69) is 21.7 Å². The van der Waals surface area contributed by atoms with Gasteiger partial charge in [0.2, 0.25) is 0 Å². The third-order valence-corrected chi connectivity index (χ3v) is 3.19. The van der Waals surface area contributed by atoms with E-state index >= 15 is 0 Å². The highest BCUT2D eigenvalue weighted by molar-refractivity contribution is 7.07. The summed E-state index contributed by atoms with van der Waals surface area (Å²) in [6, 6.07) is 2.80. The van der Waals surface area contributed by atoms with Crippen LogP contribution in [0.15, 0.2) is 16.8 Å². The van der Waals surface area contributed by atoms with E-state index in [0.29, 0.717) is 12.6 Å². The van der Waals surface area contributed by atoms with E-state index in [1.54, 1.807) is 18.3 Å². The van der Waals surface area contributed by atoms with Crippen LogP contribution in [0.5, 0.6) is 0 Å². The molecule has 3 heteroatoms. The van der Waals surface area contributed by atoms with Crippen LogP contribution in [0.25, 0.3) is 0 Å². The molecule has 76 valence electrons. The highest BCUT2D eigenvalue weighted by atomic mass is 32.1. The maximum absolute atomic E-state index is 11.1. The zero-order valence-corrected chi connectivity index (χ0v) is 9.22. The Balaban J connectivity index is 1.93. The molecule has 0 spiro atoms. The standard InChI is InChI=1S/C11H15NOS/c1-9(13)6-12(11-2-3-11)7-10-4-5-14-8-10/h4-5,8,11H,2-3,6-7H2,1H3. The first kappa shape index (κ1) is 9.87. The van der Waals surface area contributed by atoms with Crippen LogP contribution in [0, 0.1) is 0 Å². The molecule has 1 aliphatic carbocycles. The summed E-state index contributed by atoms with van der Waals surface area (Å²) in [4.78, 5) is 13.4. The summed E-state index contributed by atoms with van der Waals surface area (Å²) < 4.78 is 0. The minimum absolute atomic E-state index is 0.270. The molecule has 0 atom stereocenters. The Bertz CT molecular complexity index is 303. The van der Waals surface area contributed by atoms with Gasteiger partial charge in [0.15, 0.2) is 0 Å². The lowest BCUT2D eigenvalue weighted by Crippen LogP contribution is -2.30. The molecule has 14 heavy (non-hydrogen) atoms. The average molecular weight is 209 g/mol. The Morgan fingerprint density at radius 2 is 2.43 bits per heavy atom. The highest BCUT2D eigenvalue weighted by Gasteiger charge is 2.29. The lowest BCUT2D eigenvalue weighted by molar-refractivity contribution is -0.118. The predicted molar refractivity (Wildman–Crippen MR) is 58.4 cm³/mol. The van der Waals surface area contributed by atoms with Crippen molar-refractivity contribution in [2.24, 2.45) is 0 Å². The van der Waals surface area contributed by atoms with Crippen molar-refractivity contribution >= 4 is 17.1 Å². The lowest BCUT2D eigenvalue weighted by atomic mass is 10.3. The summed E-state index contributed by atoms with van der Waals surface area (Å²) in [5.41, 5.74) is 1.34. The molecule has 0 amide bonds. The Morgan fingerprint density at radius 3 is 2.93 bits per heavy atom. The van der Waals surface area contributed by atoms with E-state index in [1.165, 1.54) is 18.4 Å². The first-order valence-electron chi connectivity index (χ1n) is 5.00. The summed E-state index contributed by atoms with van der Waals surface area (Å²) in [7, 11) is 0. The molecule has 0 N–H and O–H groups in total. The quantitative estimate of drug-likeness (QED) is 0.741. The third kappa shape index (κ3) is 2.66. The van der Waals surface area contributed by atoms with Gasteiger partial charge in [0.1, 0.15) is 5.78 Å². The molecule has 0 aliphatic heterocycles. The van der Waals surface area contributed by atoms with Gasteiger partial charge in [-0.25, -0.2) is 0 Å². The minimum Gasteiger partial charge on any atom is -0.299 e. The predicted octanol–water partition coefficient (Wildman–Crippen LogP) is 2.30. The van der Waals surface area contributed by atoms with Crippen molar-refractivity contribution < 1.29 is 4.79 Å². The molecule has 0 saturated heterocycles. The van der Waals surface area contributed by atoms with Gasteiger partial charge < -0.3 is 0 Å². The second kappa shape index (κ2) is 4.24. The largest absolute Gasteiger partial charge is 0.299 e. The van der Waals surface area contributed by atoms with E-state index < -0.39 is 0 Å². The number of carbonyl (C=O) groups excluding carboxylic acids is 1. The molecule has 1 aliphatic rings. The number of Topliss-reactive ketones (excluding diaryl/α,β-unsaturated/α-hetero) is 1. The van der Waals surface area contributed by atoms with Crippen molar-refractivity contribution in [3.05, 3.63) is 22.4 Å². The van der Waals surface area contributed by atoms with Gasteiger partial charge in [-0.3, -0.25) is 9.69 Å². The van der Waals surface area contributed by atoms with Crippen LogP contribution in [0.1, 0.15) is 25.3 Å². The third-order valence-electron chi connectivity index (χ3n) is 2.45. The fourth-order valence-corrected chi connectivity index (χ4v) is 2.32. The van der Waals surface area contributed by atoms with Crippen LogP contribution in [-0.4, -0.2) is 23.3 Å². The monoisotopic (exact) mass is 209 g/mol. The van der Waals surface area contributed by atoms with Gasteiger partial charge in [-0.05, 0) is 42.2 Å². The molecule has 0 aromatic carbocycles. The topological polar surface area (TPSA) is 20.3 Å². The zero-order chi connectivity index (χ0) is 9.97. The number of nitrogens with zero attached hydrogens (tertiary/aromatic N) is 1. The van der Waals surface area contributed by atoms with Gasteiger partial charge in [0, 0.05) is 12.6 Å². The van der Waals surface area contributed by atoms with E-state index in [9.17, 15) is 4.79 Å². The van der Waals surface area contributed by atoms with Crippen molar-refractivity contribution in [1.82, 2.24) is 4.90 Å². The Morgan fingerprint density at radius 1 is 1.64 bits per heavy atom. The lowest BCUT2D eigenvalue weighted by Gasteiger charge is -2.19. The maximum atomic E-state index is 11.1. The molecule has 1 heterocycles. The van der Waals surface area contributed by atoms with E-state index in [0.717, 1.165) is 6.54 Å². The van der Waals surface area contributed by atoms with Crippen LogP contribution < -0.4 is 0 Å². The first-order valence-corrected chi connectivity index (χ1v) is 5.94. The number of rotatable bonds is 5. The summed E-state index contributed by atoms with van der Waals surface area (Å²) in [6.45, 7) is 3.22. The Hall–Kier alpha value is -0.670. The molecule has 2 nitrogen and oxygen atoms in total. The molecule has 0 radical (unpaired) electrons. The zero-order valence-electron chi connectivity index (χ0n) is 8.40. The van der Waals surface area contributed by atoms with Gasteiger partial charge in [-0.1, -0.05) is 0 Å². The summed E-state index contributed by atoms with van der Waals surface area (Å²) >= 11 is 1.72. The van der Waals surface area contributed by atoms with Gasteiger partial charge in [-0.15, -0.1) is 0 Å². The van der Waals surface area contributed by atoms with Crippen molar-refractivity contribution in [2.75, 3.05) is 6.54 Å². The van der Waals surface area contributed by atoms with Crippen molar-refractivity contribution in [2.45, 2.75) is 32.4 Å². The molecule has 1 saturated carbocycles. The van der Waals surface area contributed by atoms with Gasteiger partial charge in [-0.2, -0.15) is 11.3 Å². The van der Waals surface area contributed by atoms with Crippen LogP contribution in [0.4, 0.5) is 0 Å². The summed E-state index contributed by atoms with van der Waals surface area (Å²) in [5, 5.41) is 4.25. The molecule has 2 rings (SSSR count). The molecule has 1 fully saturated rings. The summed E-state index contributed by atoms with van der Waals surface area (Å²) in [5.74, 6) is 0.270. The Labute approximate surface area is 88.5 Å². The van der Waals surface area contributed by atoms with Crippen molar-refractivity contribution in [3.8, 4) is 0 Å². The van der Waals surface area contributed by atoms with Crippen LogP contribution >= 0.6 is 11.3 Å². The molecule has 0 bridgehead atoms. The van der Waals surface area contributed by atoms with Gasteiger partial charge >= 0.3 is 0 Å². The number of thiophene rings is 1. The number of hydrogen-bond acceptors (Lipinski definition) is 3. The van der Waals surface area contributed by atoms with Gasteiger partial charge in [0.25, 0.3) is 0 Å². The fraction of sp³-hybridized carbons (Fsp3) is 0.545. The van der Waals surface area contributed by atoms with Gasteiger partial charge in [0.05, 0.1) is 6.54 Å². The van der Waals surface area contributed by atoms with Crippen molar-refractivity contribution in [1.29, 1.82) is 0 Å². The Kier molecular flexibility index (Phi) is 2.99. The minimum atomic E-state index is 0.270. The molecular weight excluding hydrogens is 194 g/mol. The average Bonchev–Trinajstić information content (AvgIpc) is 2.85. The second-order valence-electron chi connectivity index (χ2n) is 3.97. The smallest absolute Gasteiger partial charge is 0.143 e. The second-order valence-corrected chi connectivity index (χ2v) is 4.75. The van der Waals surface area contributed by atoms with Crippen LogP contribution in [0.2, 0.25) is 0 Å². The van der Waals surface area contributed by atoms with E-state index in [-0.39, 0.29) is 5.78 Å². The van der Waals surface area contributed by atoms with Crippen LogP contribution in [0.3, 0.4) is 0 Å². The van der Waals surface area contributed by atoms with E-state index in [4.69, 9.17) is 0 Å². The maximum Gasteiger partial charge on any atom is 0.143 e. The fourth-order valence-electron chi connectivity index (χ4n) is 1.66. The molecule has 1 aromatic rings. The normalized spacial score (nSPS) is 16.1. The number of ketones is 1. The van der Waals surface area contributed by atoms with Crippen LogP contribution in [-0.2, 0) is 11.3 Å². The molecule has 1 aromatic heterocycles.